The van der Waals surface area contributed by atoms with Gasteiger partial charge in [0.1, 0.15) is 11.2 Å². The molecule has 170 valence electrons. The lowest BCUT2D eigenvalue weighted by Crippen LogP contribution is -2.55. The minimum atomic E-state index is -4.74. The molecule has 1 aliphatic heterocycles. The molecule has 33 heavy (non-hydrogen) atoms. The van der Waals surface area contributed by atoms with Crippen LogP contribution in [0.2, 0.25) is 0 Å². The molecule has 2 fully saturated rings. The molecule has 1 N–H and O–H groups in total. The third kappa shape index (κ3) is 3.56. The van der Waals surface area contributed by atoms with Crippen LogP contribution in [0.1, 0.15) is 40.9 Å². The van der Waals surface area contributed by atoms with E-state index in [0.717, 1.165) is 23.6 Å². The van der Waals surface area contributed by atoms with Gasteiger partial charge in [-0.15, -0.1) is 15.7 Å². The van der Waals surface area contributed by atoms with Crippen LogP contribution in [0, 0.1) is 12.3 Å². The number of hydrogen-bond acceptors (Lipinski definition) is 4. The molecule has 1 atom stereocenters. The lowest BCUT2D eigenvalue weighted by atomic mass is 9.75. The molecule has 1 unspecified atom stereocenters. The van der Waals surface area contributed by atoms with Crippen LogP contribution in [0.15, 0.2) is 30.5 Å². The first-order chi connectivity index (χ1) is 15.5. The Kier molecular flexibility index (Phi) is 5.67. The van der Waals surface area contributed by atoms with Gasteiger partial charge in [-0.05, 0) is 67.0 Å². The number of terminal acetylenes is 1. The van der Waals surface area contributed by atoms with Crippen molar-refractivity contribution in [3.05, 3.63) is 47.3 Å². The van der Waals surface area contributed by atoms with E-state index in [1.54, 1.807) is 23.1 Å². The zero-order valence-corrected chi connectivity index (χ0v) is 19.3. The van der Waals surface area contributed by atoms with Crippen LogP contribution in [0.5, 0.6) is 0 Å². The second-order valence-electron chi connectivity index (χ2n) is 7.73. The van der Waals surface area contributed by atoms with Gasteiger partial charge in [-0.25, -0.2) is 4.98 Å². The molecule has 1 spiro atoms. The molecular weight excluding hydrogens is 472 g/mol. The molecule has 0 radical (unpaired) electrons. The largest absolute Gasteiger partial charge is 0.419 e. The molecule has 11 heteroatoms. The predicted molar refractivity (Wildman–Crippen MR) is 125 cm³/mol. The van der Waals surface area contributed by atoms with E-state index in [0.29, 0.717) is 29.4 Å². The second-order valence-corrected chi connectivity index (χ2v) is 8.71. The minimum Gasteiger partial charge on any atom is -0.355 e. The summed E-state index contributed by atoms with van der Waals surface area (Å²) in [6, 6.07) is 5.79. The summed E-state index contributed by atoms with van der Waals surface area (Å²) in [5.41, 5.74) is -1.76. The number of alkyl halides is 3. The molecule has 2 aliphatic rings. The maximum absolute atomic E-state index is 13.5. The number of nitrogens with zero attached hydrogens (tertiary/aromatic N) is 3. The number of thiocarbonyl (C=S) groups is 1. The molecule has 1 saturated heterocycles. The molecule has 1 saturated carbocycles. The van der Waals surface area contributed by atoms with Gasteiger partial charge in [0, 0.05) is 18.3 Å². The second kappa shape index (κ2) is 8.08. The number of anilines is 2. The third-order valence-corrected chi connectivity index (χ3v) is 6.77. The number of carbonyl (C=O) groups excluding carboxylic acids is 2. The van der Waals surface area contributed by atoms with Crippen molar-refractivity contribution in [2.75, 3.05) is 16.8 Å². The number of hydrogen-bond donors (Lipinski definition) is 1. The Labute approximate surface area is 195 Å². The number of halogens is 3. The number of aromatic nitrogens is 1. The molecule has 0 bridgehead atoms. The van der Waals surface area contributed by atoms with E-state index in [1.807, 2.05) is 5.92 Å². The highest BCUT2D eigenvalue weighted by Crippen LogP contribution is 2.48. The van der Waals surface area contributed by atoms with E-state index < -0.39 is 28.9 Å². The topological polar surface area (TPSA) is 65.5 Å². The Hall–Kier alpha value is -3.02. The zero-order valence-electron chi connectivity index (χ0n) is 17.4. The Morgan fingerprint density at radius 1 is 1.30 bits per heavy atom. The van der Waals surface area contributed by atoms with Gasteiger partial charge in [0.15, 0.2) is 5.11 Å². The lowest BCUT2D eigenvalue weighted by Gasteiger charge is -2.43. The standard InChI is InChI=1S/C22H18F3N4O2PS/c1-3-16-15(22(23,24)25)9-13(11-27-16)28-19(31)21(7-4-8-21)29(20(28)33)12-5-6-14(17(32)10-12)18(30)26-2/h1,5-6,9-11H,4,7-8,32H2,2H3,(H,26,30). The van der Waals surface area contributed by atoms with Gasteiger partial charge in [0.25, 0.3) is 11.8 Å². The van der Waals surface area contributed by atoms with Crippen LogP contribution in [-0.4, -0.2) is 34.5 Å². The van der Waals surface area contributed by atoms with E-state index in [9.17, 15) is 22.8 Å². The Bertz CT molecular complexity index is 1240. The Balaban J connectivity index is 1.80. The summed E-state index contributed by atoms with van der Waals surface area (Å²) in [4.78, 5) is 32.0. The summed E-state index contributed by atoms with van der Waals surface area (Å²) >= 11 is 5.60. The van der Waals surface area contributed by atoms with Crippen LogP contribution in [0.4, 0.5) is 24.5 Å². The lowest BCUT2D eigenvalue weighted by molar-refractivity contribution is -0.138. The molecule has 1 aromatic carbocycles. The van der Waals surface area contributed by atoms with E-state index in [4.69, 9.17) is 18.6 Å². The van der Waals surface area contributed by atoms with Gasteiger partial charge >= 0.3 is 6.18 Å². The summed E-state index contributed by atoms with van der Waals surface area (Å²) in [5.74, 6) is 1.24. The number of benzene rings is 1. The van der Waals surface area contributed by atoms with Crippen molar-refractivity contribution >= 4 is 55.1 Å². The number of rotatable bonds is 3. The van der Waals surface area contributed by atoms with Gasteiger partial charge in [-0.2, -0.15) is 13.2 Å². The molecule has 4 rings (SSSR count). The van der Waals surface area contributed by atoms with Crippen molar-refractivity contribution in [1.29, 1.82) is 0 Å². The highest BCUT2D eigenvalue weighted by atomic mass is 32.1. The van der Waals surface area contributed by atoms with E-state index in [-0.39, 0.29) is 16.7 Å². The van der Waals surface area contributed by atoms with Gasteiger partial charge < -0.3 is 10.2 Å². The molecule has 1 aromatic heterocycles. The maximum atomic E-state index is 13.5. The van der Waals surface area contributed by atoms with Crippen LogP contribution < -0.4 is 20.4 Å². The molecule has 6 nitrogen and oxygen atoms in total. The van der Waals surface area contributed by atoms with E-state index in [2.05, 4.69) is 19.5 Å². The number of nitrogens with one attached hydrogen (secondary N) is 1. The smallest absolute Gasteiger partial charge is 0.355 e. The SMILES string of the molecule is C#Cc1ncc(N2C(=O)C3(CCC3)N(c3ccc(C(=O)NC)c(P)c3)C2=S)cc1C(F)(F)F. The van der Waals surface area contributed by atoms with Crippen LogP contribution in [-0.2, 0) is 11.0 Å². The summed E-state index contributed by atoms with van der Waals surface area (Å²) in [6.07, 6.45) is 3.32. The van der Waals surface area contributed by atoms with Crippen molar-refractivity contribution < 1.29 is 22.8 Å². The summed E-state index contributed by atoms with van der Waals surface area (Å²) in [6.45, 7) is 0. The Morgan fingerprint density at radius 2 is 2.00 bits per heavy atom. The van der Waals surface area contributed by atoms with Gasteiger partial charge in [0.05, 0.1) is 17.4 Å². The first-order valence-corrected chi connectivity index (χ1v) is 10.9. The summed E-state index contributed by atoms with van der Waals surface area (Å²) in [5, 5.41) is 3.19. The monoisotopic (exact) mass is 490 g/mol. The quantitative estimate of drug-likeness (QED) is 0.407. The van der Waals surface area contributed by atoms with Crippen molar-refractivity contribution in [3.63, 3.8) is 0 Å². The van der Waals surface area contributed by atoms with Crippen molar-refractivity contribution in [1.82, 2.24) is 10.3 Å². The average Bonchev–Trinajstić information content (AvgIpc) is 2.98. The molecule has 2 amide bonds. The van der Waals surface area contributed by atoms with E-state index in [1.165, 1.54) is 7.05 Å². The summed E-state index contributed by atoms with van der Waals surface area (Å²) < 4.78 is 40.6. The Morgan fingerprint density at radius 3 is 2.52 bits per heavy atom. The first-order valence-electron chi connectivity index (χ1n) is 9.89. The van der Waals surface area contributed by atoms with Crippen molar-refractivity contribution in [3.8, 4) is 12.3 Å². The van der Waals surface area contributed by atoms with Crippen LogP contribution >= 0.6 is 21.5 Å². The molecule has 2 aromatic rings. The van der Waals surface area contributed by atoms with Gasteiger partial charge in [-0.1, -0.05) is 0 Å². The maximum Gasteiger partial charge on any atom is 0.419 e. The van der Waals surface area contributed by atoms with Crippen LogP contribution in [0.25, 0.3) is 0 Å². The zero-order chi connectivity index (χ0) is 24.1. The predicted octanol–water partition coefficient (Wildman–Crippen LogP) is 3.00. The third-order valence-electron chi connectivity index (χ3n) is 5.93. The fraction of sp³-hybridized carbons (Fsp3) is 0.273. The average molecular weight is 490 g/mol. The number of carbonyl (C=O) groups is 2. The van der Waals surface area contributed by atoms with Crippen LogP contribution in [0.3, 0.4) is 0 Å². The van der Waals surface area contributed by atoms with E-state index >= 15 is 0 Å². The summed E-state index contributed by atoms with van der Waals surface area (Å²) in [7, 11) is 4.00. The fourth-order valence-electron chi connectivity index (χ4n) is 4.15. The normalized spacial score (nSPS) is 17.2. The minimum absolute atomic E-state index is 0.0418. The molecule has 2 heterocycles. The van der Waals surface area contributed by atoms with Crippen molar-refractivity contribution in [2.45, 2.75) is 31.0 Å². The van der Waals surface area contributed by atoms with Gasteiger partial charge in [-0.3, -0.25) is 14.5 Å². The molecular formula is C22H18F3N4O2PS. The first kappa shape index (κ1) is 23.1. The fourth-order valence-corrected chi connectivity index (χ4v) is 5.01. The number of pyridine rings is 1. The molecule has 1 aliphatic carbocycles. The highest BCUT2D eigenvalue weighted by molar-refractivity contribution is 7.81. The highest BCUT2D eigenvalue weighted by Gasteiger charge is 2.59. The number of amides is 2. The van der Waals surface area contributed by atoms with Crippen molar-refractivity contribution in [2.24, 2.45) is 0 Å². The van der Waals surface area contributed by atoms with Gasteiger partial charge in [0.2, 0.25) is 0 Å².